The first-order valence-corrected chi connectivity index (χ1v) is 4.67. The van der Waals surface area contributed by atoms with Gasteiger partial charge in [0.05, 0.1) is 5.69 Å². The number of hydrogen-bond donors (Lipinski definition) is 2. The number of anilines is 1. The van der Waals surface area contributed by atoms with Gasteiger partial charge in [-0.3, -0.25) is 10.7 Å². The normalized spacial score (nSPS) is 10.2. The topological polar surface area (TPSA) is 32.3 Å². The fraction of sp³-hybridized carbons (Fsp3) is 0. The van der Waals surface area contributed by atoms with E-state index in [1.54, 1.807) is 35.8 Å². The highest BCUT2D eigenvalue weighted by molar-refractivity contribution is 5.66. The van der Waals surface area contributed by atoms with Crippen molar-refractivity contribution in [3.8, 4) is 11.1 Å². The molecular weight excluding hydrogens is 212 g/mol. The quantitative estimate of drug-likeness (QED) is 0.761. The van der Waals surface area contributed by atoms with Gasteiger partial charge in [0.2, 0.25) is 0 Å². The van der Waals surface area contributed by atoms with Crippen LogP contribution in [0.25, 0.3) is 11.1 Å². The standard InChI is InChI=1S/C12H9F2NO/c13-10-7-12(15-16)11(14)6-9(10)8-4-2-1-3-5-8/h1-7,15-16H. The summed E-state index contributed by atoms with van der Waals surface area (Å²) in [6, 6.07) is 10.6. The second-order valence-corrected chi connectivity index (χ2v) is 3.29. The van der Waals surface area contributed by atoms with Crippen LogP contribution in [0.4, 0.5) is 14.5 Å². The molecule has 0 aliphatic rings. The third-order valence-corrected chi connectivity index (χ3v) is 2.26. The van der Waals surface area contributed by atoms with Crippen LogP contribution in [0.5, 0.6) is 0 Å². The highest BCUT2D eigenvalue weighted by atomic mass is 19.1. The number of hydrogen-bond acceptors (Lipinski definition) is 2. The van der Waals surface area contributed by atoms with Crippen LogP contribution in [0.3, 0.4) is 0 Å². The van der Waals surface area contributed by atoms with Crippen molar-refractivity contribution in [2.24, 2.45) is 0 Å². The monoisotopic (exact) mass is 221 g/mol. The van der Waals surface area contributed by atoms with Gasteiger partial charge in [0, 0.05) is 11.6 Å². The maximum Gasteiger partial charge on any atom is 0.149 e. The SMILES string of the molecule is ONc1cc(F)c(-c2ccccc2)cc1F. The first-order valence-electron chi connectivity index (χ1n) is 4.67. The first kappa shape index (κ1) is 10.6. The molecule has 0 amide bonds. The van der Waals surface area contributed by atoms with Crippen molar-refractivity contribution in [2.75, 3.05) is 5.48 Å². The van der Waals surface area contributed by atoms with Gasteiger partial charge in [0.1, 0.15) is 11.6 Å². The van der Waals surface area contributed by atoms with Crippen molar-refractivity contribution in [3.63, 3.8) is 0 Å². The van der Waals surface area contributed by atoms with E-state index in [1.807, 2.05) is 0 Å². The second-order valence-electron chi connectivity index (χ2n) is 3.29. The molecule has 2 aromatic rings. The van der Waals surface area contributed by atoms with Crippen LogP contribution >= 0.6 is 0 Å². The molecule has 0 spiro atoms. The van der Waals surface area contributed by atoms with Gasteiger partial charge in [-0.1, -0.05) is 30.3 Å². The Morgan fingerprint density at radius 2 is 1.62 bits per heavy atom. The maximum atomic E-state index is 13.6. The smallest absolute Gasteiger partial charge is 0.149 e. The summed E-state index contributed by atoms with van der Waals surface area (Å²) in [7, 11) is 0. The van der Waals surface area contributed by atoms with Crippen molar-refractivity contribution in [1.29, 1.82) is 0 Å². The van der Waals surface area contributed by atoms with E-state index in [9.17, 15) is 8.78 Å². The van der Waals surface area contributed by atoms with Crippen LogP contribution in [0.1, 0.15) is 0 Å². The molecule has 2 aromatic carbocycles. The van der Waals surface area contributed by atoms with Crippen molar-refractivity contribution >= 4 is 5.69 Å². The highest BCUT2D eigenvalue weighted by Crippen LogP contribution is 2.27. The van der Waals surface area contributed by atoms with E-state index in [0.29, 0.717) is 5.56 Å². The average Bonchev–Trinajstić information content (AvgIpc) is 2.32. The molecule has 16 heavy (non-hydrogen) atoms. The van der Waals surface area contributed by atoms with Crippen molar-refractivity contribution in [2.45, 2.75) is 0 Å². The third-order valence-electron chi connectivity index (χ3n) is 2.26. The van der Waals surface area contributed by atoms with Gasteiger partial charge in [-0.15, -0.1) is 0 Å². The summed E-state index contributed by atoms with van der Waals surface area (Å²) < 4.78 is 26.9. The molecule has 0 aromatic heterocycles. The zero-order valence-corrected chi connectivity index (χ0v) is 8.24. The van der Waals surface area contributed by atoms with Crippen LogP contribution < -0.4 is 5.48 Å². The number of halogens is 2. The van der Waals surface area contributed by atoms with E-state index in [4.69, 9.17) is 5.21 Å². The van der Waals surface area contributed by atoms with Gasteiger partial charge in [-0.25, -0.2) is 8.78 Å². The molecular formula is C12H9F2NO. The number of benzene rings is 2. The van der Waals surface area contributed by atoms with Crippen LogP contribution in [-0.2, 0) is 0 Å². The third kappa shape index (κ3) is 1.87. The van der Waals surface area contributed by atoms with Gasteiger partial charge in [0.25, 0.3) is 0 Å². The molecule has 0 aliphatic heterocycles. The molecule has 0 saturated carbocycles. The molecule has 0 saturated heterocycles. The lowest BCUT2D eigenvalue weighted by molar-refractivity contribution is 0.383. The van der Waals surface area contributed by atoms with E-state index in [-0.39, 0.29) is 11.3 Å². The summed E-state index contributed by atoms with van der Waals surface area (Å²) in [5.41, 5.74) is 2.07. The highest BCUT2D eigenvalue weighted by Gasteiger charge is 2.10. The molecule has 0 unspecified atom stereocenters. The Kier molecular flexibility index (Phi) is 2.83. The minimum absolute atomic E-state index is 0.164. The molecule has 2 rings (SSSR count). The predicted molar refractivity (Wildman–Crippen MR) is 57.2 cm³/mol. The molecule has 2 N–H and O–H groups in total. The Bertz CT molecular complexity index is 500. The lowest BCUT2D eigenvalue weighted by Gasteiger charge is -2.06. The molecule has 0 aliphatic carbocycles. The molecule has 0 fully saturated rings. The van der Waals surface area contributed by atoms with Crippen LogP contribution in [0.2, 0.25) is 0 Å². The van der Waals surface area contributed by atoms with Crippen LogP contribution in [0, 0.1) is 11.6 Å². The van der Waals surface area contributed by atoms with Crippen LogP contribution in [0.15, 0.2) is 42.5 Å². The minimum Gasteiger partial charge on any atom is -0.291 e. The van der Waals surface area contributed by atoms with Gasteiger partial charge in [-0.05, 0) is 11.6 Å². The molecule has 0 radical (unpaired) electrons. The lowest BCUT2D eigenvalue weighted by atomic mass is 10.0. The molecule has 0 bridgehead atoms. The van der Waals surface area contributed by atoms with Crippen LogP contribution in [-0.4, -0.2) is 5.21 Å². The number of nitrogens with one attached hydrogen (secondary N) is 1. The van der Waals surface area contributed by atoms with E-state index < -0.39 is 11.6 Å². The Morgan fingerprint density at radius 3 is 2.25 bits per heavy atom. The molecule has 4 heteroatoms. The minimum atomic E-state index is -0.706. The first-order chi connectivity index (χ1) is 7.72. The maximum absolute atomic E-state index is 13.6. The summed E-state index contributed by atoms with van der Waals surface area (Å²) >= 11 is 0. The predicted octanol–water partition coefficient (Wildman–Crippen LogP) is 3.43. The van der Waals surface area contributed by atoms with Gasteiger partial charge < -0.3 is 0 Å². The van der Waals surface area contributed by atoms with E-state index in [0.717, 1.165) is 12.1 Å². The number of rotatable bonds is 2. The zero-order valence-electron chi connectivity index (χ0n) is 8.24. The van der Waals surface area contributed by atoms with Crippen molar-refractivity contribution < 1.29 is 14.0 Å². The Morgan fingerprint density at radius 1 is 0.938 bits per heavy atom. The molecule has 82 valence electrons. The largest absolute Gasteiger partial charge is 0.291 e. The lowest BCUT2D eigenvalue weighted by Crippen LogP contribution is -1.96. The molecule has 0 atom stereocenters. The van der Waals surface area contributed by atoms with Gasteiger partial charge in [0.15, 0.2) is 0 Å². The van der Waals surface area contributed by atoms with Gasteiger partial charge >= 0.3 is 0 Å². The summed E-state index contributed by atoms with van der Waals surface area (Å²) in [6.07, 6.45) is 0. The van der Waals surface area contributed by atoms with E-state index in [1.165, 1.54) is 0 Å². The Hall–Kier alpha value is -1.94. The summed E-state index contributed by atoms with van der Waals surface area (Å²) in [5.74, 6) is -1.30. The summed E-state index contributed by atoms with van der Waals surface area (Å²) in [4.78, 5) is 0. The zero-order chi connectivity index (χ0) is 11.5. The fourth-order valence-electron chi connectivity index (χ4n) is 1.47. The molecule has 0 heterocycles. The van der Waals surface area contributed by atoms with Crippen molar-refractivity contribution in [3.05, 3.63) is 54.1 Å². The second kappa shape index (κ2) is 4.28. The van der Waals surface area contributed by atoms with E-state index >= 15 is 0 Å². The summed E-state index contributed by atoms with van der Waals surface area (Å²) in [6.45, 7) is 0. The Labute approximate surface area is 91.1 Å². The van der Waals surface area contributed by atoms with E-state index in [2.05, 4.69) is 0 Å². The van der Waals surface area contributed by atoms with Gasteiger partial charge in [-0.2, -0.15) is 0 Å². The fourth-order valence-corrected chi connectivity index (χ4v) is 1.47. The summed E-state index contributed by atoms with van der Waals surface area (Å²) in [5, 5.41) is 8.55. The Balaban J connectivity index is 2.55. The average molecular weight is 221 g/mol. The van der Waals surface area contributed by atoms with Crippen molar-refractivity contribution in [1.82, 2.24) is 0 Å². The molecule has 2 nitrogen and oxygen atoms in total.